The van der Waals surface area contributed by atoms with Gasteiger partial charge in [0.15, 0.2) is 0 Å². The molecule has 1 saturated carbocycles. The standard InChI is InChI=1S/C18H12B4N4OS2/c19-17(20)12(18(17,21)22)6-7-25-14(27)13-10(26-15(25)23-24-16(26)28)8-11(29-13)9-4-2-1-3-5-9/h1-5,8,12H,6-7H2,(H,24,28). The van der Waals surface area contributed by atoms with Crippen LogP contribution in [0.5, 0.6) is 0 Å². The summed E-state index contributed by atoms with van der Waals surface area (Å²) in [6, 6.07) is 11.9. The molecule has 8 radical (unpaired) electrons. The highest BCUT2D eigenvalue weighted by molar-refractivity contribution is 7.71. The van der Waals surface area contributed by atoms with E-state index in [4.69, 9.17) is 43.6 Å². The first-order valence-corrected chi connectivity index (χ1v) is 10.3. The molecule has 3 aromatic heterocycles. The van der Waals surface area contributed by atoms with Crippen LogP contribution in [0.25, 0.3) is 26.4 Å². The van der Waals surface area contributed by atoms with Crippen molar-refractivity contribution in [3.63, 3.8) is 0 Å². The van der Waals surface area contributed by atoms with Crippen molar-refractivity contribution in [1.29, 1.82) is 0 Å². The van der Waals surface area contributed by atoms with Crippen LogP contribution in [0.15, 0.2) is 41.2 Å². The number of nitrogens with one attached hydrogen (secondary N) is 1. The van der Waals surface area contributed by atoms with Gasteiger partial charge >= 0.3 is 0 Å². The van der Waals surface area contributed by atoms with Crippen molar-refractivity contribution in [2.45, 2.75) is 23.4 Å². The third-order valence-corrected chi connectivity index (χ3v) is 7.24. The van der Waals surface area contributed by atoms with Gasteiger partial charge in [-0.2, -0.15) is 0 Å². The third-order valence-electron chi connectivity index (χ3n) is 5.81. The molecule has 11 heteroatoms. The van der Waals surface area contributed by atoms with Crippen LogP contribution < -0.4 is 5.56 Å². The summed E-state index contributed by atoms with van der Waals surface area (Å²) < 4.78 is 4.37. The fourth-order valence-electron chi connectivity index (χ4n) is 3.94. The first kappa shape index (κ1) is 19.0. The van der Waals surface area contributed by atoms with Gasteiger partial charge < -0.3 is 0 Å². The van der Waals surface area contributed by atoms with Crippen LogP contribution in [0.3, 0.4) is 0 Å². The number of thiophene rings is 1. The van der Waals surface area contributed by atoms with Gasteiger partial charge in [-0.1, -0.05) is 36.2 Å². The zero-order valence-electron chi connectivity index (χ0n) is 15.3. The lowest BCUT2D eigenvalue weighted by molar-refractivity contribution is 0.580. The topological polar surface area (TPSA) is 55.1 Å². The molecule has 134 valence electrons. The van der Waals surface area contributed by atoms with Gasteiger partial charge in [0, 0.05) is 11.4 Å². The molecule has 0 amide bonds. The predicted molar refractivity (Wildman–Crippen MR) is 122 cm³/mol. The lowest BCUT2D eigenvalue weighted by Crippen LogP contribution is -2.23. The highest BCUT2D eigenvalue weighted by atomic mass is 32.1. The van der Waals surface area contributed by atoms with E-state index in [9.17, 15) is 4.79 Å². The quantitative estimate of drug-likeness (QED) is 0.417. The summed E-state index contributed by atoms with van der Waals surface area (Å²) in [4.78, 5) is 14.3. The molecule has 0 saturated heterocycles. The average molecular weight is 408 g/mol. The number of benzene rings is 1. The molecule has 5 rings (SSSR count). The molecule has 0 atom stereocenters. The van der Waals surface area contributed by atoms with Crippen molar-refractivity contribution in [1.82, 2.24) is 19.2 Å². The van der Waals surface area contributed by atoms with Crippen molar-refractivity contribution in [2.75, 3.05) is 0 Å². The number of rotatable bonds is 4. The number of hydrogen-bond donors (Lipinski definition) is 1. The average Bonchev–Trinajstić information content (AvgIpc) is 3.12. The largest absolute Gasteiger partial charge is 0.276 e. The smallest absolute Gasteiger partial charge is 0.272 e. The summed E-state index contributed by atoms with van der Waals surface area (Å²) in [6.07, 6.45) is 0.456. The van der Waals surface area contributed by atoms with E-state index in [1.807, 2.05) is 36.4 Å². The molecule has 1 aliphatic carbocycles. The molecular weight excluding hydrogens is 396 g/mol. The Kier molecular flexibility index (Phi) is 4.10. The first-order chi connectivity index (χ1) is 13.7. The molecule has 0 spiro atoms. The number of nitrogens with zero attached hydrogens (tertiary/aromatic N) is 3. The van der Waals surface area contributed by atoms with Crippen LogP contribution in [-0.2, 0) is 6.54 Å². The Labute approximate surface area is 181 Å². The van der Waals surface area contributed by atoms with Crippen molar-refractivity contribution in [2.24, 2.45) is 5.92 Å². The summed E-state index contributed by atoms with van der Waals surface area (Å²) in [5.41, 5.74) is 1.62. The summed E-state index contributed by atoms with van der Waals surface area (Å²) in [5, 5.41) is 4.76. The molecule has 0 aliphatic heterocycles. The molecule has 1 aromatic carbocycles. The van der Waals surface area contributed by atoms with Crippen molar-refractivity contribution in [3.8, 4) is 10.4 Å². The van der Waals surface area contributed by atoms with Crippen molar-refractivity contribution >= 4 is 70.9 Å². The molecular formula is C18H12B4N4OS2. The Morgan fingerprint density at radius 2 is 1.86 bits per heavy atom. The fraction of sp³-hybridized carbons (Fsp3) is 0.278. The van der Waals surface area contributed by atoms with E-state index in [0.29, 0.717) is 28.2 Å². The lowest BCUT2D eigenvalue weighted by atomic mass is 9.49. The minimum absolute atomic E-state index is 0.145. The number of aryl methyl sites for hydroxylation is 1. The number of hydrogen-bond acceptors (Lipinski definition) is 4. The van der Waals surface area contributed by atoms with Gasteiger partial charge in [0.05, 0.1) is 36.9 Å². The fourth-order valence-corrected chi connectivity index (χ4v) is 5.26. The summed E-state index contributed by atoms with van der Waals surface area (Å²) in [6.45, 7) is 0.327. The normalized spacial score (nSPS) is 17.8. The third kappa shape index (κ3) is 2.66. The molecule has 1 N–H and O–H groups in total. The minimum Gasteiger partial charge on any atom is -0.276 e. The number of aromatic amines is 1. The highest BCUT2D eigenvalue weighted by Gasteiger charge is 2.60. The number of fused-ring (bicyclic) bond motifs is 3. The van der Waals surface area contributed by atoms with Gasteiger partial charge in [0.25, 0.3) is 5.56 Å². The Morgan fingerprint density at radius 3 is 2.52 bits per heavy atom. The Bertz CT molecular complexity index is 1360. The lowest BCUT2D eigenvalue weighted by Gasteiger charge is -2.09. The van der Waals surface area contributed by atoms with Gasteiger partial charge in [-0.3, -0.25) is 13.8 Å². The monoisotopic (exact) mass is 408 g/mol. The maximum atomic E-state index is 13.3. The summed E-state index contributed by atoms with van der Waals surface area (Å²) in [5.74, 6) is 0.132. The molecule has 1 aliphatic rings. The predicted octanol–water partition coefficient (Wildman–Crippen LogP) is 2.36. The maximum absolute atomic E-state index is 13.3. The van der Waals surface area contributed by atoms with E-state index in [0.717, 1.165) is 16.0 Å². The second kappa shape index (κ2) is 6.25. The Balaban J connectivity index is 1.66. The van der Waals surface area contributed by atoms with E-state index in [1.54, 1.807) is 8.97 Å². The van der Waals surface area contributed by atoms with Gasteiger partial charge in [0.1, 0.15) is 4.70 Å². The van der Waals surface area contributed by atoms with E-state index < -0.39 is 10.4 Å². The molecule has 5 nitrogen and oxygen atoms in total. The zero-order chi connectivity index (χ0) is 20.6. The van der Waals surface area contributed by atoms with Crippen LogP contribution in [0, 0.1) is 10.7 Å². The second-order valence-electron chi connectivity index (χ2n) is 7.52. The van der Waals surface area contributed by atoms with Crippen molar-refractivity contribution in [3.05, 3.63) is 51.5 Å². The van der Waals surface area contributed by atoms with Crippen LogP contribution in [0.1, 0.15) is 6.42 Å². The Hall–Kier alpha value is -1.99. The zero-order valence-corrected chi connectivity index (χ0v) is 17.0. The van der Waals surface area contributed by atoms with E-state index in [2.05, 4.69) is 10.2 Å². The van der Waals surface area contributed by atoms with Crippen LogP contribution >= 0.6 is 23.6 Å². The minimum atomic E-state index is -1.15. The summed E-state index contributed by atoms with van der Waals surface area (Å²) in [7, 11) is 23.9. The molecule has 0 unspecified atom stereocenters. The maximum Gasteiger partial charge on any atom is 0.272 e. The van der Waals surface area contributed by atoms with Gasteiger partial charge in [-0.05, 0) is 30.3 Å². The molecule has 3 heterocycles. The van der Waals surface area contributed by atoms with Gasteiger partial charge in [-0.25, -0.2) is 5.10 Å². The number of H-pyrrole nitrogens is 1. The van der Waals surface area contributed by atoms with E-state index in [1.165, 1.54) is 11.3 Å². The second-order valence-corrected chi connectivity index (χ2v) is 8.96. The Morgan fingerprint density at radius 1 is 1.17 bits per heavy atom. The van der Waals surface area contributed by atoms with Gasteiger partial charge in [0.2, 0.25) is 10.5 Å². The molecule has 29 heavy (non-hydrogen) atoms. The summed E-state index contributed by atoms with van der Waals surface area (Å²) >= 11 is 6.85. The van der Waals surface area contributed by atoms with E-state index in [-0.39, 0.29) is 11.5 Å². The van der Waals surface area contributed by atoms with Crippen LogP contribution in [0.4, 0.5) is 0 Å². The van der Waals surface area contributed by atoms with Crippen LogP contribution in [0.2, 0.25) is 10.4 Å². The van der Waals surface area contributed by atoms with E-state index >= 15 is 0 Å². The molecule has 0 bridgehead atoms. The van der Waals surface area contributed by atoms with Crippen LogP contribution in [-0.4, -0.2) is 50.6 Å². The molecule has 4 aromatic rings. The SMILES string of the molecule is [B]C1([B])C(CCn2c(=O)c3sc(-c4ccccc4)cc3n3c(=S)[nH]nc23)C1([B])[B]. The van der Waals surface area contributed by atoms with Gasteiger partial charge in [-0.15, -0.1) is 26.9 Å². The number of aromatic nitrogens is 4. The van der Waals surface area contributed by atoms with Crippen molar-refractivity contribution < 1.29 is 0 Å². The highest BCUT2D eigenvalue weighted by Crippen LogP contribution is 2.74. The first-order valence-electron chi connectivity index (χ1n) is 9.08. The molecule has 1 fully saturated rings.